The summed E-state index contributed by atoms with van der Waals surface area (Å²) in [6.45, 7) is 3.14. The minimum atomic E-state index is -0.164. The molecule has 2 aromatic rings. The monoisotopic (exact) mass is 343 g/mol. The minimum Gasteiger partial charge on any atom is -0.496 e. The van der Waals surface area contributed by atoms with Crippen LogP contribution in [-0.4, -0.2) is 34.2 Å². The van der Waals surface area contributed by atoms with E-state index in [1.54, 1.807) is 11.8 Å². The van der Waals surface area contributed by atoms with Crippen molar-refractivity contribution in [3.8, 4) is 5.75 Å². The van der Waals surface area contributed by atoms with Gasteiger partial charge in [0.25, 0.3) is 0 Å². The lowest BCUT2D eigenvalue weighted by Gasteiger charge is -2.17. The minimum absolute atomic E-state index is 0.125. The SMILES string of the molecule is CCn1cc(CNC(=O)NC2CCCc3c(cccc3OC)C2)nn1. The molecule has 0 saturated carbocycles. The fraction of sp³-hybridized carbons (Fsp3) is 0.500. The second kappa shape index (κ2) is 8.00. The summed E-state index contributed by atoms with van der Waals surface area (Å²) in [5.74, 6) is 0.946. The molecular formula is C18H25N5O2. The molecule has 7 nitrogen and oxygen atoms in total. The second-order valence-corrected chi connectivity index (χ2v) is 6.28. The molecule has 1 aromatic heterocycles. The maximum absolute atomic E-state index is 12.2. The maximum Gasteiger partial charge on any atom is 0.315 e. The van der Waals surface area contributed by atoms with Crippen LogP contribution in [-0.2, 0) is 25.9 Å². The largest absolute Gasteiger partial charge is 0.496 e. The first-order valence-electron chi connectivity index (χ1n) is 8.77. The summed E-state index contributed by atoms with van der Waals surface area (Å²) in [4.78, 5) is 12.2. The van der Waals surface area contributed by atoms with E-state index in [1.807, 2.05) is 25.3 Å². The van der Waals surface area contributed by atoms with Crippen LogP contribution in [0.1, 0.15) is 36.6 Å². The lowest BCUT2D eigenvalue weighted by Crippen LogP contribution is -2.42. The first-order chi connectivity index (χ1) is 12.2. The van der Waals surface area contributed by atoms with Gasteiger partial charge in [0.15, 0.2) is 0 Å². The smallest absolute Gasteiger partial charge is 0.315 e. The molecule has 1 aliphatic rings. The van der Waals surface area contributed by atoms with Crippen LogP contribution >= 0.6 is 0 Å². The van der Waals surface area contributed by atoms with E-state index < -0.39 is 0 Å². The number of nitrogens with zero attached hydrogens (tertiary/aromatic N) is 3. The number of hydrogen-bond donors (Lipinski definition) is 2. The van der Waals surface area contributed by atoms with Crippen molar-refractivity contribution in [1.29, 1.82) is 0 Å². The van der Waals surface area contributed by atoms with Crippen LogP contribution in [0.2, 0.25) is 0 Å². The lowest BCUT2D eigenvalue weighted by atomic mass is 10.0. The van der Waals surface area contributed by atoms with Gasteiger partial charge in [-0.2, -0.15) is 0 Å². The van der Waals surface area contributed by atoms with Gasteiger partial charge in [0.05, 0.1) is 19.9 Å². The van der Waals surface area contributed by atoms with Gasteiger partial charge in [0.2, 0.25) is 0 Å². The molecule has 1 aliphatic carbocycles. The van der Waals surface area contributed by atoms with Gasteiger partial charge in [-0.15, -0.1) is 5.10 Å². The van der Waals surface area contributed by atoms with Crippen molar-refractivity contribution >= 4 is 6.03 Å². The van der Waals surface area contributed by atoms with E-state index in [4.69, 9.17) is 4.74 Å². The fourth-order valence-electron chi connectivity index (χ4n) is 3.27. The number of rotatable bonds is 5. The van der Waals surface area contributed by atoms with Crippen molar-refractivity contribution in [2.75, 3.05) is 7.11 Å². The van der Waals surface area contributed by atoms with Crippen LogP contribution in [0.25, 0.3) is 0 Å². The Morgan fingerprint density at radius 2 is 2.32 bits per heavy atom. The van der Waals surface area contributed by atoms with E-state index in [-0.39, 0.29) is 12.1 Å². The highest BCUT2D eigenvalue weighted by Crippen LogP contribution is 2.28. The van der Waals surface area contributed by atoms with Crippen LogP contribution in [0, 0.1) is 0 Å². The number of carbonyl (C=O) groups is 1. The van der Waals surface area contributed by atoms with Gasteiger partial charge in [-0.1, -0.05) is 17.3 Å². The zero-order valence-electron chi connectivity index (χ0n) is 14.8. The zero-order valence-corrected chi connectivity index (χ0v) is 14.8. The average Bonchev–Trinajstić information content (AvgIpc) is 2.99. The zero-order chi connectivity index (χ0) is 17.6. The normalized spacial score (nSPS) is 16.6. The molecule has 134 valence electrons. The Morgan fingerprint density at radius 1 is 1.44 bits per heavy atom. The fourth-order valence-corrected chi connectivity index (χ4v) is 3.27. The number of methoxy groups -OCH3 is 1. The van der Waals surface area contributed by atoms with Crippen LogP contribution in [0.5, 0.6) is 5.75 Å². The molecule has 1 unspecified atom stereocenters. The molecule has 0 fully saturated rings. The number of aromatic nitrogens is 3. The molecule has 1 aromatic carbocycles. The van der Waals surface area contributed by atoms with Crippen LogP contribution < -0.4 is 15.4 Å². The Balaban J connectivity index is 1.56. The molecule has 0 bridgehead atoms. The van der Waals surface area contributed by atoms with Gasteiger partial charge >= 0.3 is 6.03 Å². The Labute approximate surface area is 147 Å². The second-order valence-electron chi connectivity index (χ2n) is 6.28. The summed E-state index contributed by atoms with van der Waals surface area (Å²) in [5.41, 5.74) is 3.28. The van der Waals surface area contributed by atoms with Crippen LogP contribution in [0.3, 0.4) is 0 Å². The number of amides is 2. The van der Waals surface area contributed by atoms with E-state index in [1.165, 1.54) is 11.1 Å². The standard InChI is InChI=1S/C18H25N5O2/c1-3-23-12-15(21-22-23)11-19-18(24)20-14-7-5-8-16-13(10-14)6-4-9-17(16)25-2/h4,6,9,12,14H,3,5,7-8,10-11H2,1-2H3,(H2,19,20,24). The average molecular weight is 343 g/mol. The van der Waals surface area contributed by atoms with E-state index in [9.17, 15) is 4.79 Å². The summed E-state index contributed by atoms with van der Waals surface area (Å²) in [5, 5.41) is 13.9. The highest BCUT2D eigenvalue weighted by Gasteiger charge is 2.20. The van der Waals surface area contributed by atoms with Crippen LogP contribution in [0.15, 0.2) is 24.4 Å². The van der Waals surface area contributed by atoms with Crippen molar-refractivity contribution in [2.24, 2.45) is 0 Å². The maximum atomic E-state index is 12.2. The molecule has 7 heteroatoms. The third kappa shape index (κ3) is 4.29. The Hall–Kier alpha value is -2.57. The number of fused-ring (bicyclic) bond motifs is 1. The highest BCUT2D eigenvalue weighted by atomic mass is 16.5. The lowest BCUT2D eigenvalue weighted by molar-refractivity contribution is 0.235. The first kappa shape index (κ1) is 17.3. The highest BCUT2D eigenvalue weighted by molar-refractivity contribution is 5.74. The molecule has 1 atom stereocenters. The van der Waals surface area contributed by atoms with Gasteiger partial charge in [-0.25, -0.2) is 4.79 Å². The van der Waals surface area contributed by atoms with Gasteiger partial charge in [-0.05, 0) is 49.8 Å². The first-order valence-corrected chi connectivity index (χ1v) is 8.77. The number of hydrogen-bond acceptors (Lipinski definition) is 4. The topological polar surface area (TPSA) is 81.1 Å². The van der Waals surface area contributed by atoms with Crippen molar-refractivity contribution in [3.05, 3.63) is 41.2 Å². The number of ether oxygens (including phenoxy) is 1. The number of aryl methyl sites for hydroxylation is 1. The summed E-state index contributed by atoms with van der Waals surface area (Å²) in [6, 6.07) is 6.10. The van der Waals surface area contributed by atoms with E-state index in [0.717, 1.165) is 43.7 Å². The summed E-state index contributed by atoms with van der Waals surface area (Å²) in [7, 11) is 1.71. The number of urea groups is 1. The quantitative estimate of drug-likeness (QED) is 0.814. The van der Waals surface area contributed by atoms with Crippen molar-refractivity contribution in [2.45, 2.75) is 51.7 Å². The molecule has 2 N–H and O–H groups in total. The molecular weight excluding hydrogens is 318 g/mol. The van der Waals surface area contributed by atoms with Crippen molar-refractivity contribution in [3.63, 3.8) is 0 Å². The molecule has 0 radical (unpaired) electrons. The third-order valence-corrected chi connectivity index (χ3v) is 4.57. The number of carbonyl (C=O) groups excluding carboxylic acids is 1. The van der Waals surface area contributed by atoms with E-state index in [0.29, 0.717) is 6.54 Å². The summed E-state index contributed by atoms with van der Waals surface area (Å²) < 4.78 is 7.21. The number of nitrogens with one attached hydrogen (secondary N) is 2. The summed E-state index contributed by atoms with van der Waals surface area (Å²) in [6.07, 6.45) is 5.64. The molecule has 0 saturated heterocycles. The van der Waals surface area contributed by atoms with Gasteiger partial charge < -0.3 is 15.4 Å². The van der Waals surface area contributed by atoms with Gasteiger partial charge in [-0.3, -0.25) is 4.68 Å². The number of benzene rings is 1. The summed E-state index contributed by atoms with van der Waals surface area (Å²) >= 11 is 0. The Kier molecular flexibility index (Phi) is 5.53. The Bertz CT molecular complexity index is 728. The Morgan fingerprint density at radius 3 is 3.08 bits per heavy atom. The predicted octanol–water partition coefficient (Wildman–Crippen LogP) is 2.05. The molecule has 2 amide bonds. The van der Waals surface area contributed by atoms with Gasteiger partial charge in [0, 0.05) is 12.6 Å². The van der Waals surface area contributed by atoms with Crippen LogP contribution in [0.4, 0.5) is 4.79 Å². The molecule has 0 spiro atoms. The van der Waals surface area contributed by atoms with E-state index >= 15 is 0 Å². The van der Waals surface area contributed by atoms with Crippen molar-refractivity contribution < 1.29 is 9.53 Å². The van der Waals surface area contributed by atoms with Crippen molar-refractivity contribution in [1.82, 2.24) is 25.6 Å². The van der Waals surface area contributed by atoms with E-state index in [2.05, 4.69) is 27.0 Å². The molecule has 3 rings (SSSR count). The van der Waals surface area contributed by atoms with Gasteiger partial charge in [0.1, 0.15) is 11.4 Å². The molecule has 1 heterocycles. The molecule has 0 aliphatic heterocycles. The molecule has 25 heavy (non-hydrogen) atoms. The predicted molar refractivity (Wildman–Crippen MR) is 94.5 cm³/mol. The third-order valence-electron chi connectivity index (χ3n) is 4.57.